The van der Waals surface area contributed by atoms with Gasteiger partial charge >= 0.3 is 0 Å². The van der Waals surface area contributed by atoms with E-state index < -0.39 is 0 Å². The molecule has 0 radical (unpaired) electrons. The molecular weight excluding hydrogens is 358 g/mol. The van der Waals surface area contributed by atoms with Gasteiger partial charge in [0, 0.05) is 55.0 Å². The number of hydrogen-bond donors (Lipinski definition) is 0. The van der Waals surface area contributed by atoms with Gasteiger partial charge in [-0.15, -0.1) is 0 Å². The molecule has 1 aromatic heterocycles. The van der Waals surface area contributed by atoms with Crippen molar-refractivity contribution in [1.82, 2.24) is 19.8 Å². The van der Waals surface area contributed by atoms with Crippen molar-refractivity contribution in [3.05, 3.63) is 17.1 Å². The Bertz CT molecular complexity index is 789. The molecule has 5 nitrogen and oxygen atoms in total. The van der Waals surface area contributed by atoms with Gasteiger partial charge in [-0.05, 0) is 65.1 Å². The van der Waals surface area contributed by atoms with Gasteiger partial charge in [-0.25, -0.2) is 9.97 Å². The minimum atomic E-state index is 0.307. The van der Waals surface area contributed by atoms with Gasteiger partial charge in [-0.3, -0.25) is 0 Å². The molecule has 2 spiro atoms. The van der Waals surface area contributed by atoms with Gasteiger partial charge in [-0.1, -0.05) is 13.3 Å². The highest BCUT2D eigenvalue weighted by Gasteiger charge is 2.53. The Morgan fingerprint density at radius 2 is 1.86 bits per heavy atom. The first-order chi connectivity index (χ1) is 14.1. The first kappa shape index (κ1) is 18.6. The molecule has 3 aliphatic heterocycles. The molecule has 2 aliphatic carbocycles. The second kappa shape index (κ2) is 6.65. The van der Waals surface area contributed by atoms with Crippen LogP contribution in [0.1, 0.15) is 74.9 Å². The van der Waals surface area contributed by atoms with E-state index in [4.69, 9.17) is 9.97 Å². The van der Waals surface area contributed by atoms with E-state index in [1.54, 1.807) is 0 Å². The summed E-state index contributed by atoms with van der Waals surface area (Å²) in [7, 11) is 2.25. The van der Waals surface area contributed by atoms with Crippen LogP contribution >= 0.6 is 0 Å². The number of likely N-dealkylation sites (tertiary alicyclic amines) is 2. The standard InChI is InChI=1S/C24H37N5/c1-3-4-11-28-12-5-9-24(17-28)10-8-19-20(24)25-21(18-6-7-18)26-22(19)29-15-23(16-29)13-27(2)14-23/h18H,3-17H2,1-2H3. The number of aromatic nitrogens is 2. The SMILES string of the molecule is CCCCN1CCCC2(CCc3c(N4CC5(CN(C)C5)C4)nc(C4CC4)nc32)C1. The third-order valence-electron chi connectivity index (χ3n) is 8.35. The molecule has 1 saturated carbocycles. The molecule has 0 aromatic carbocycles. The molecule has 6 rings (SSSR count). The van der Waals surface area contributed by atoms with Crippen molar-refractivity contribution in [2.75, 3.05) is 57.8 Å². The number of anilines is 1. The normalized spacial score (nSPS) is 31.2. The summed E-state index contributed by atoms with van der Waals surface area (Å²) in [6, 6.07) is 0. The highest BCUT2D eigenvalue weighted by Crippen LogP contribution is 2.50. The number of rotatable bonds is 5. The molecule has 158 valence electrons. The topological polar surface area (TPSA) is 35.5 Å². The fourth-order valence-corrected chi connectivity index (χ4v) is 6.84. The minimum Gasteiger partial charge on any atom is -0.355 e. The monoisotopic (exact) mass is 395 g/mol. The number of unbranched alkanes of at least 4 members (excludes halogenated alkanes) is 1. The number of piperidine rings is 1. The van der Waals surface area contributed by atoms with E-state index in [0.717, 1.165) is 0 Å². The van der Waals surface area contributed by atoms with E-state index in [0.29, 0.717) is 16.7 Å². The van der Waals surface area contributed by atoms with Crippen LogP contribution in [0, 0.1) is 5.41 Å². The van der Waals surface area contributed by atoms with Crippen molar-refractivity contribution >= 4 is 5.82 Å². The van der Waals surface area contributed by atoms with Crippen molar-refractivity contribution in [2.24, 2.45) is 5.41 Å². The van der Waals surface area contributed by atoms with E-state index in [2.05, 4.69) is 28.7 Å². The van der Waals surface area contributed by atoms with Crippen molar-refractivity contribution in [3.63, 3.8) is 0 Å². The highest BCUT2D eigenvalue weighted by atomic mass is 15.3. The molecule has 1 atom stereocenters. The van der Waals surface area contributed by atoms with Crippen LogP contribution in [0.2, 0.25) is 0 Å². The molecule has 4 heterocycles. The summed E-state index contributed by atoms with van der Waals surface area (Å²) in [5, 5.41) is 0. The molecule has 1 unspecified atom stereocenters. The van der Waals surface area contributed by atoms with Gasteiger partial charge in [0.15, 0.2) is 0 Å². The maximum Gasteiger partial charge on any atom is 0.135 e. The van der Waals surface area contributed by atoms with E-state index in [1.807, 2.05) is 0 Å². The van der Waals surface area contributed by atoms with Gasteiger partial charge in [-0.2, -0.15) is 0 Å². The van der Waals surface area contributed by atoms with E-state index in [1.165, 1.54) is 120 Å². The second-order valence-electron chi connectivity index (χ2n) is 11.0. The lowest BCUT2D eigenvalue weighted by molar-refractivity contribution is -0.00291. The Morgan fingerprint density at radius 3 is 2.59 bits per heavy atom. The quantitative estimate of drug-likeness (QED) is 0.765. The fraction of sp³-hybridized carbons (Fsp3) is 0.833. The Labute approximate surface area is 175 Å². The third kappa shape index (κ3) is 3.03. The third-order valence-corrected chi connectivity index (χ3v) is 8.35. The summed E-state index contributed by atoms with van der Waals surface area (Å²) in [4.78, 5) is 18.3. The predicted octanol–water partition coefficient (Wildman–Crippen LogP) is 3.19. The van der Waals surface area contributed by atoms with Crippen LogP contribution in [0.3, 0.4) is 0 Å². The largest absolute Gasteiger partial charge is 0.355 e. The van der Waals surface area contributed by atoms with Gasteiger partial charge in [0.05, 0.1) is 5.69 Å². The molecule has 3 saturated heterocycles. The number of nitrogens with zero attached hydrogens (tertiary/aromatic N) is 5. The van der Waals surface area contributed by atoms with Crippen molar-refractivity contribution in [3.8, 4) is 0 Å². The van der Waals surface area contributed by atoms with E-state index >= 15 is 0 Å². The fourth-order valence-electron chi connectivity index (χ4n) is 6.84. The van der Waals surface area contributed by atoms with E-state index in [9.17, 15) is 0 Å². The average Bonchev–Trinajstić information content (AvgIpc) is 3.46. The maximum absolute atomic E-state index is 5.32. The number of fused-ring (bicyclic) bond motifs is 2. The predicted molar refractivity (Wildman–Crippen MR) is 117 cm³/mol. The molecule has 4 fully saturated rings. The first-order valence-electron chi connectivity index (χ1n) is 12.2. The summed E-state index contributed by atoms with van der Waals surface area (Å²) in [5.74, 6) is 3.15. The Balaban J connectivity index is 1.31. The zero-order valence-electron chi connectivity index (χ0n) is 18.4. The second-order valence-corrected chi connectivity index (χ2v) is 11.0. The highest BCUT2D eigenvalue weighted by molar-refractivity contribution is 5.57. The van der Waals surface area contributed by atoms with Gasteiger partial charge in [0.2, 0.25) is 0 Å². The molecule has 0 amide bonds. The van der Waals surface area contributed by atoms with Gasteiger partial charge < -0.3 is 14.7 Å². The smallest absolute Gasteiger partial charge is 0.135 e. The maximum atomic E-state index is 5.32. The van der Waals surface area contributed by atoms with Crippen molar-refractivity contribution in [1.29, 1.82) is 0 Å². The van der Waals surface area contributed by atoms with Crippen molar-refractivity contribution in [2.45, 2.75) is 69.6 Å². The Hall–Kier alpha value is -1.20. The lowest BCUT2D eigenvalue weighted by Crippen LogP contribution is -2.71. The Kier molecular flexibility index (Phi) is 4.25. The lowest BCUT2D eigenvalue weighted by Gasteiger charge is -2.60. The summed E-state index contributed by atoms with van der Waals surface area (Å²) in [6.45, 7) is 11.0. The molecule has 5 heteroatoms. The summed E-state index contributed by atoms with van der Waals surface area (Å²) >= 11 is 0. The van der Waals surface area contributed by atoms with Crippen molar-refractivity contribution < 1.29 is 0 Å². The van der Waals surface area contributed by atoms with Gasteiger partial charge in [0.25, 0.3) is 0 Å². The molecule has 29 heavy (non-hydrogen) atoms. The van der Waals surface area contributed by atoms with Crippen LogP contribution in [-0.4, -0.2) is 72.6 Å². The average molecular weight is 396 g/mol. The summed E-state index contributed by atoms with van der Waals surface area (Å²) in [6.07, 6.45) is 10.4. The molecule has 5 aliphatic rings. The van der Waals surface area contributed by atoms with Crippen LogP contribution in [0.25, 0.3) is 0 Å². The molecular formula is C24H37N5. The van der Waals surface area contributed by atoms with Crippen LogP contribution in [0.5, 0.6) is 0 Å². The zero-order chi connectivity index (χ0) is 19.6. The summed E-state index contributed by atoms with van der Waals surface area (Å²) < 4.78 is 0. The van der Waals surface area contributed by atoms with E-state index in [-0.39, 0.29) is 0 Å². The van der Waals surface area contributed by atoms with Gasteiger partial charge in [0.1, 0.15) is 11.6 Å². The van der Waals surface area contributed by atoms with Crippen LogP contribution in [-0.2, 0) is 11.8 Å². The van der Waals surface area contributed by atoms with Crippen LogP contribution < -0.4 is 4.90 Å². The number of hydrogen-bond acceptors (Lipinski definition) is 5. The van der Waals surface area contributed by atoms with Crippen LogP contribution in [0.15, 0.2) is 0 Å². The molecule has 0 N–H and O–H groups in total. The minimum absolute atomic E-state index is 0.307. The lowest BCUT2D eigenvalue weighted by atomic mass is 9.73. The first-order valence-corrected chi connectivity index (χ1v) is 12.2. The zero-order valence-corrected chi connectivity index (χ0v) is 18.4. The molecule has 0 bridgehead atoms. The molecule has 1 aromatic rings. The summed E-state index contributed by atoms with van der Waals surface area (Å²) in [5.41, 5.74) is 3.86. The van der Waals surface area contributed by atoms with Crippen LogP contribution in [0.4, 0.5) is 5.82 Å². The Morgan fingerprint density at radius 1 is 1.03 bits per heavy atom.